The van der Waals surface area contributed by atoms with Gasteiger partial charge < -0.3 is 10.2 Å². The third kappa shape index (κ3) is 3.04. The summed E-state index contributed by atoms with van der Waals surface area (Å²) in [6.45, 7) is 6.59. The summed E-state index contributed by atoms with van der Waals surface area (Å²) in [4.78, 5) is 20.9. The van der Waals surface area contributed by atoms with Crippen molar-refractivity contribution in [1.29, 1.82) is 0 Å². The number of aromatic nitrogens is 1. The van der Waals surface area contributed by atoms with E-state index < -0.39 is 0 Å². The van der Waals surface area contributed by atoms with Crippen LogP contribution < -0.4 is 5.32 Å². The number of amides is 1. The van der Waals surface area contributed by atoms with Gasteiger partial charge in [0.05, 0.1) is 0 Å². The van der Waals surface area contributed by atoms with Crippen LogP contribution >= 0.6 is 11.6 Å². The molecule has 0 bridgehead atoms. The third-order valence-corrected chi connectivity index (χ3v) is 4.09. The average Bonchev–Trinajstić information content (AvgIpc) is 2.40. The molecule has 2 rings (SSSR count). The minimum atomic E-state index is -0.0173. The zero-order chi connectivity index (χ0) is 14.9. The second kappa shape index (κ2) is 5.58. The molecule has 6 heteroatoms. The van der Waals surface area contributed by atoms with Gasteiger partial charge in [0.2, 0.25) is 0 Å². The van der Waals surface area contributed by atoms with Crippen molar-refractivity contribution < 1.29 is 4.79 Å². The Morgan fingerprint density at radius 3 is 2.70 bits per heavy atom. The van der Waals surface area contributed by atoms with Gasteiger partial charge in [-0.15, -0.1) is 0 Å². The molecule has 20 heavy (non-hydrogen) atoms. The number of carbonyl (C=O) groups excluding carboxylic acids is 1. The minimum Gasteiger partial charge on any atom is -0.373 e. The standard InChI is InChI=1S/C14H21ClN4O/c1-14(2)9-19(6-5-18(14)4)13(20)10-7-11(15)17-12(8-10)16-3/h7-8H,5-6,9H2,1-4H3,(H,16,17). The van der Waals surface area contributed by atoms with Gasteiger partial charge in [0.15, 0.2) is 0 Å². The van der Waals surface area contributed by atoms with Crippen LogP contribution in [0.15, 0.2) is 12.1 Å². The molecule has 1 saturated heterocycles. The van der Waals surface area contributed by atoms with Crippen LogP contribution in [0.3, 0.4) is 0 Å². The number of nitrogens with zero attached hydrogens (tertiary/aromatic N) is 3. The van der Waals surface area contributed by atoms with Crippen molar-refractivity contribution in [1.82, 2.24) is 14.8 Å². The van der Waals surface area contributed by atoms with Crippen molar-refractivity contribution in [2.45, 2.75) is 19.4 Å². The molecule has 0 radical (unpaired) electrons. The summed E-state index contributed by atoms with van der Waals surface area (Å²) in [5.74, 6) is 0.612. The predicted molar refractivity (Wildman–Crippen MR) is 81.4 cm³/mol. The van der Waals surface area contributed by atoms with E-state index in [1.807, 2.05) is 4.90 Å². The Morgan fingerprint density at radius 2 is 2.10 bits per heavy atom. The Morgan fingerprint density at radius 1 is 1.40 bits per heavy atom. The van der Waals surface area contributed by atoms with Gasteiger partial charge >= 0.3 is 0 Å². The third-order valence-electron chi connectivity index (χ3n) is 3.90. The highest BCUT2D eigenvalue weighted by Crippen LogP contribution is 2.22. The van der Waals surface area contributed by atoms with E-state index in [9.17, 15) is 4.79 Å². The van der Waals surface area contributed by atoms with E-state index in [0.717, 1.165) is 13.1 Å². The normalized spacial score (nSPS) is 18.9. The van der Waals surface area contributed by atoms with Crippen LogP contribution in [-0.4, -0.2) is 60.0 Å². The first kappa shape index (κ1) is 15.1. The van der Waals surface area contributed by atoms with Gasteiger partial charge in [-0.05, 0) is 33.0 Å². The highest BCUT2D eigenvalue weighted by Gasteiger charge is 2.33. The van der Waals surface area contributed by atoms with Gasteiger partial charge in [0, 0.05) is 37.8 Å². The molecule has 1 amide bonds. The van der Waals surface area contributed by atoms with E-state index in [2.05, 4.69) is 36.1 Å². The number of anilines is 1. The Bertz CT molecular complexity index is 518. The number of rotatable bonds is 2. The van der Waals surface area contributed by atoms with E-state index in [0.29, 0.717) is 23.1 Å². The average molecular weight is 297 g/mol. The van der Waals surface area contributed by atoms with Gasteiger partial charge in [0.1, 0.15) is 11.0 Å². The Hall–Kier alpha value is -1.33. The summed E-state index contributed by atoms with van der Waals surface area (Å²) < 4.78 is 0. The molecule has 110 valence electrons. The van der Waals surface area contributed by atoms with Crippen LogP contribution in [0.5, 0.6) is 0 Å². The van der Waals surface area contributed by atoms with E-state index in [1.165, 1.54) is 0 Å². The molecule has 1 N–H and O–H groups in total. The van der Waals surface area contributed by atoms with Gasteiger partial charge in [-0.2, -0.15) is 0 Å². The highest BCUT2D eigenvalue weighted by molar-refractivity contribution is 6.29. The maximum atomic E-state index is 12.6. The largest absolute Gasteiger partial charge is 0.373 e. The van der Waals surface area contributed by atoms with Crippen LogP contribution in [0.2, 0.25) is 5.15 Å². The summed E-state index contributed by atoms with van der Waals surface area (Å²) in [5.41, 5.74) is 0.561. The Balaban J connectivity index is 2.21. The Kier molecular flexibility index (Phi) is 4.20. The zero-order valence-electron chi connectivity index (χ0n) is 12.4. The van der Waals surface area contributed by atoms with Crippen LogP contribution in [0.4, 0.5) is 5.82 Å². The number of piperazine rings is 1. The fourth-order valence-electron chi connectivity index (χ4n) is 2.34. The molecule has 0 unspecified atom stereocenters. The molecule has 5 nitrogen and oxygen atoms in total. The van der Waals surface area contributed by atoms with Gasteiger partial charge in [-0.1, -0.05) is 11.6 Å². The van der Waals surface area contributed by atoms with Crippen molar-refractivity contribution in [3.8, 4) is 0 Å². The molecule has 0 saturated carbocycles. The molecular weight excluding hydrogens is 276 g/mol. The summed E-state index contributed by atoms with van der Waals surface area (Å²) >= 11 is 5.96. The SMILES string of the molecule is CNc1cc(C(=O)N2CCN(C)C(C)(C)C2)cc(Cl)n1. The number of hydrogen-bond donors (Lipinski definition) is 1. The van der Waals surface area contributed by atoms with Crippen molar-refractivity contribution in [2.24, 2.45) is 0 Å². The lowest BCUT2D eigenvalue weighted by Crippen LogP contribution is -2.58. The number of halogens is 1. The molecule has 1 aromatic heterocycles. The monoisotopic (exact) mass is 296 g/mol. The smallest absolute Gasteiger partial charge is 0.254 e. The van der Waals surface area contributed by atoms with Crippen molar-refractivity contribution >= 4 is 23.3 Å². The number of likely N-dealkylation sites (N-methyl/N-ethyl adjacent to an activating group) is 1. The lowest BCUT2D eigenvalue weighted by molar-refractivity contribution is 0.0311. The van der Waals surface area contributed by atoms with Crippen LogP contribution in [-0.2, 0) is 0 Å². The summed E-state index contributed by atoms with van der Waals surface area (Å²) in [7, 11) is 3.84. The van der Waals surface area contributed by atoms with Crippen LogP contribution in [0.25, 0.3) is 0 Å². The fourth-order valence-corrected chi connectivity index (χ4v) is 2.55. The zero-order valence-corrected chi connectivity index (χ0v) is 13.2. The molecule has 2 heterocycles. The first-order valence-corrected chi connectivity index (χ1v) is 7.07. The van der Waals surface area contributed by atoms with E-state index in [-0.39, 0.29) is 11.4 Å². The number of pyridine rings is 1. The van der Waals surface area contributed by atoms with Crippen molar-refractivity contribution in [3.05, 3.63) is 22.8 Å². The summed E-state index contributed by atoms with van der Waals surface area (Å²) in [5, 5.41) is 3.24. The summed E-state index contributed by atoms with van der Waals surface area (Å²) in [6, 6.07) is 3.36. The topological polar surface area (TPSA) is 48.5 Å². The first-order valence-electron chi connectivity index (χ1n) is 6.69. The predicted octanol–water partition coefficient (Wildman–Crippen LogP) is 1.94. The van der Waals surface area contributed by atoms with E-state index in [1.54, 1.807) is 19.2 Å². The van der Waals surface area contributed by atoms with Crippen LogP contribution in [0.1, 0.15) is 24.2 Å². The number of carbonyl (C=O) groups is 1. The molecule has 0 atom stereocenters. The molecule has 1 aromatic rings. The lowest BCUT2D eigenvalue weighted by atomic mass is 9.99. The lowest BCUT2D eigenvalue weighted by Gasteiger charge is -2.45. The van der Waals surface area contributed by atoms with Crippen molar-refractivity contribution in [3.63, 3.8) is 0 Å². The van der Waals surface area contributed by atoms with E-state index >= 15 is 0 Å². The minimum absolute atomic E-state index is 0.00646. The number of nitrogens with one attached hydrogen (secondary N) is 1. The van der Waals surface area contributed by atoms with Crippen LogP contribution in [0, 0.1) is 0 Å². The second-order valence-electron chi connectivity index (χ2n) is 5.77. The molecular formula is C14H21ClN4O. The maximum Gasteiger partial charge on any atom is 0.254 e. The first-order chi connectivity index (χ1) is 9.33. The Labute approximate surface area is 124 Å². The second-order valence-corrected chi connectivity index (χ2v) is 6.16. The molecule has 1 aliphatic heterocycles. The van der Waals surface area contributed by atoms with Gasteiger partial charge in [0.25, 0.3) is 5.91 Å². The summed E-state index contributed by atoms with van der Waals surface area (Å²) in [6.07, 6.45) is 0. The molecule has 1 fully saturated rings. The molecule has 0 aliphatic carbocycles. The van der Waals surface area contributed by atoms with Gasteiger partial charge in [-0.25, -0.2) is 4.98 Å². The molecule has 0 spiro atoms. The molecule has 0 aromatic carbocycles. The fraction of sp³-hybridized carbons (Fsp3) is 0.571. The number of hydrogen-bond acceptors (Lipinski definition) is 4. The maximum absolute atomic E-state index is 12.6. The highest BCUT2D eigenvalue weighted by atomic mass is 35.5. The van der Waals surface area contributed by atoms with E-state index in [4.69, 9.17) is 11.6 Å². The molecule has 1 aliphatic rings. The van der Waals surface area contributed by atoms with Gasteiger partial charge in [-0.3, -0.25) is 9.69 Å². The van der Waals surface area contributed by atoms with Crippen molar-refractivity contribution in [2.75, 3.05) is 39.0 Å². The quantitative estimate of drug-likeness (QED) is 0.848.